The smallest absolute Gasteiger partial charge is 0.264 e. The molecule has 2 N–H and O–H groups in total. The van der Waals surface area contributed by atoms with Gasteiger partial charge < -0.3 is 4.90 Å². The Morgan fingerprint density at radius 2 is 1.42 bits per heavy atom. The van der Waals surface area contributed by atoms with Gasteiger partial charge >= 0.3 is 0 Å². The molecule has 4 aliphatic rings. The third-order valence-electron chi connectivity index (χ3n) is 12.5. The molecule has 0 aromatic heterocycles. The fourth-order valence-corrected chi connectivity index (χ4v) is 11.3. The molecule has 0 radical (unpaired) electrons. The van der Waals surface area contributed by atoms with Crippen LogP contribution in [0.25, 0.3) is 21.5 Å². The van der Waals surface area contributed by atoms with Crippen molar-refractivity contribution in [3.05, 3.63) is 120 Å². The van der Waals surface area contributed by atoms with Crippen molar-refractivity contribution in [2.24, 2.45) is 0 Å². The average Bonchev–Trinajstić information content (AvgIpc) is 3.59. The zero-order chi connectivity index (χ0) is 37.9. The third kappa shape index (κ3) is 7.33. The van der Waals surface area contributed by atoms with Crippen LogP contribution in [0.4, 0.5) is 11.4 Å². The third-order valence-corrected chi connectivity index (χ3v) is 13.9. The van der Waals surface area contributed by atoms with E-state index in [-0.39, 0.29) is 16.6 Å². The minimum atomic E-state index is -4.07. The second kappa shape index (κ2) is 16.4. The van der Waals surface area contributed by atoms with Crippen molar-refractivity contribution in [3.8, 4) is 0 Å². The van der Waals surface area contributed by atoms with E-state index < -0.39 is 10.1 Å². The summed E-state index contributed by atoms with van der Waals surface area (Å²) in [4.78, 5) is 2.34. The van der Waals surface area contributed by atoms with Gasteiger partial charge in [-0.25, -0.2) is 5.26 Å². The Hall–Kier alpha value is -3.77. The fraction of sp³-hybridized carbons (Fsp3) is 0.400. The van der Waals surface area contributed by atoms with Gasteiger partial charge in [0.25, 0.3) is 10.1 Å². The summed E-state index contributed by atoms with van der Waals surface area (Å²) >= 11 is 1.11. The van der Waals surface area contributed by atoms with Crippen molar-refractivity contribution in [2.75, 3.05) is 29.5 Å². The monoisotopic (exact) mass is 779 g/mol. The first-order valence-corrected chi connectivity index (χ1v) is 22.5. The van der Waals surface area contributed by atoms with Crippen LogP contribution in [0.3, 0.4) is 0 Å². The molecule has 288 valence electrons. The highest BCUT2D eigenvalue weighted by molar-refractivity contribution is 7.94. The lowest BCUT2D eigenvalue weighted by molar-refractivity contribution is -0.438. The molecule has 10 heteroatoms. The average molecular weight is 780 g/mol. The van der Waals surface area contributed by atoms with Crippen LogP contribution in [0, 0.1) is 0 Å². The Morgan fingerprint density at radius 1 is 0.764 bits per heavy atom. The highest BCUT2D eigenvalue weighted by atomic mass is 32.2. The van der Waals surface area contributed by atoms with Crippen molar-refractivity contribution in [2.45, 2.75) is 87.9 Å². The van der Waals surface area contributed by atoms with Crippen LogP contribution in [0.1, 0.15) is 88.2 Å². The van der Waals surface area contributed by atoms with Gasteiger partial charge in [0.1, 0.15) is 6.54 Å². The molecule has 2 aliphatic heterocycles. The number of allylic oxidation sites excluding steroid dienone is 6. The number of anilines is 1. The molecular formula is C45H51N2O6S2+. The van der Waals surface area contributed by atoms with Gasteiger partial charge in [0.15, 0.2) is 5.71 Å². The summed E-state index contributed by atoms with van der Waals surface area (Å²) in [6.45, 7) is 1.33. The lowest BCUT2D eigenvalue weighted by Crippen LogP contribution is -2.36. The van der Waals surface area contributed by atoms with Gasteiger partial charge in [-0.05, 0) is 77.4 Å². The predicted octanol–water partition coefficient (Wildman–Crippen LogP) is 10.7. The molecule has 2 saturated carbocycles. The van der Waals surface area contributed by atoms with Crippen LogP contribution in [0.15, 0.2) is 109 Å². The summed E-state index contributed by atoms with van der Waals surface area (Å²) in [5, 5.41) is 17.6. The molecule has 0 amide bonds. The van der Waals surface area contributed by atoms with Crippen molar-refractivity contribution < 1.29 is 32.2 Å². The maximum atomic E-state index is 11.8. The van der Waals surface area contributed by atoms with Gasteiger partial charge in [-0.2, -0.15) is 13.0 Å². The molecule has 8 nitrogen and oxygen atoms in total. The van der Waals surface area contributed by atoms with E-state index in [0.717, 1.165) is 69.2 Å². The molecule has 0 unspecified atom stereocenters. The molecule has 2 heterocycles. The molecule has 2 aliphatic carbocycles. The van der Waals surface area contributed by atoms with E-state index in [4.69, 9.17) is 9.59 Å². The molecule has 8 rings (SSSR count). The summed E-state index contributed by atoms with van der Waals surface area (Å²) in [5.74, 6) is 0.415. The summed E-state index contributed by atoms with van der Waals surface area (Å²) < 4.78 is 40.4. The zero-order valence-electron chi connectivity index (χ0n) is 31.4. The second-order valence-corrected chi connectivity index (χ2v) is 17.9. The largest absolute Gasteiger partial charge is 0.344 e. The normalized spacial score (nSPS) is 20.0. The van der Waals surface area contributed by atoms with Crippen LogP contribution in [0.2, 0.25) is 0 Å². The maximum absolute atomic E-state index is 11.8. The quantitative estimate of drug-likeness (QED) is 0.0263. The number of rotatable bonds is 13. The standard InChI is InChI=1S/C45H50N2O6S2/c48-52-53-54-32-14-30-46-38-24-22-34-16-6-8-18-36(34)42(38)44(26-10-2-11-27-44)40(46)20-4-1-5-21-41-45(28-12-3-13-29-45)43-37-19-9-7-17-35(37)23-25-39(43)47(41)31-15-33-55(49,50)51/h1,4-9,16-25H,2-3,10-15,26-33H2,(H-,48,49,50,51)/p+1. The lowest BCUT2D eigenvalue weighted by Gasteiger charge is -2.37. The Balaban J connectivity index is 1.18. The van der Waals surface area contributed by atoms with E-state index in [1.54, 1.807) is 0 Å². The molecule has 2 spiro atoms. The minimum absolute atomic E-state index is 0.0702. The van der Waals surface area contributed by atoms with Gasteiger partial charge in [0, 0.05) is 65.3 Å². The van der Waals surface area contributed by atoms with Crippen molar-refractivity contribution in [1.29, 1.82) is 0 Å². The number of hydrogen-bond donors (Lipinski definition) is 2. The zero-order valence-corrected chi connectivity index (χ0v) is 33.0. The van der Waals surface area contributed by atoms with Crippen LogP contribution < -0.4 is 4.90 Å². The van der Waals surface area contributed by atoms with Crippen LogP contribution >= 0.6 is 12.0 Å². The first kappa shape index (κ1) is 38.1. The van der Waals surface area contributed by atoms with E-state index in [1.807, 2.05) is 0 Å². The fourth-order valence-electron chi connectivity index (χ4n) is 10.4. The van der Waals surface area contributed by atoms with Gasteiger partial charge in [-0.1, -0.05) is 116 Å². The minimum Gasteiger partial charge on any atom is -0.344 e. The molecule has 2 fully saturated rings. The van der Waals surface area contributed by atoms with Gasteiger partial charge in [-0.3, -0.25) is 4.55 Å². The van der Waals surface area contributed by atoms with Crippen LogP contribution in [-0.2, 0) is 30.3 Å². The first-order chi connectivity index (χ1) is 26.9. The predicted molar refractivity (Wildman–Crippen MR) is 224 cm³/mol. The van der Waals surface area contributed by atoms with Crippen molar-refractivity contribution in [1.82, 2.24) is 0 Å². The van der Waals surface area contributed by atoms with E-state index in [1.165, 1.54) is 75.5 Å². The Kier molecular flexibility index (Phi) is 11.3. The van der Waals surface area contributed by atoms with E-state index >= 15 is 0 Å². The molecular weight excluding hydrogens is 729 g/mol. The summed E-state index contributed by atoms with van der Waals surface area (Å²) in [5.41, 5.74) is 7.60. The number of nitrogens with zero attached hydrogens (tertiary/aromatic N) is 2. The second-order valence-electron chi connectivity index (χ2n) is 15.6. The molecule has 4 aromatic carbocycles. The SMILES string of the molecule is O=S(=O)(O)CCCN1/C(=C/C=C/C=C/C2=[N+](CCCSOOO)c3ccc4ccccc4c3C23CCCCC3)C2(CCCCC2)c2c1ccc1ccccc21. The van der Waals surface area contributed by atoms with Gasteiger partial charge in [0.05, 0.1) is 11.2 Å². The Bertz CT molecular complexity index is 2280. The van der Waals surface area contributed by atoms with Gasteiger partial charge in [0.2, 0.25) is 5.69 Å². The lowest BCUT2D eigenvalue weighted by atomic mass is 9.66. The highest BCUT2D eigenvalue weighted by Gasteiger charge is 2.52. The van der Waals surface area contributed by atoms with Crippen LogP contribution in [-0.4, -0.2) is 53.1 Å². The van der Waals surface area contributed by atoms with E-state index in [0.29, 0.717) is 18.7 Å². The maximum Gasteiger partial charge on any atom is 0.264 e. The molecule has 4 aromatic rings. The number of hydrogen-bond acceptors (Lipinski definition) is 7. The van der Waals surface area contributed by atoms with Crippen LogP contribution in [0.5, 0.6) is 0 Å². The highest BCUT2D eigenvalue weighted by Crippen LogP contribution is 2.57. The van der Waals surface area contributed by atoms with Crippen molar-refractivity contribution >= 4 is 60.8 Å². The topological polar surface area (TPSA) is 99.3 Å². The summed E-state index contributed by atoms with van der Waals surface area (Å²) in [6.07, 6.45) is 23.8. The van der Waals surface area contributed by atoms with E-state index in [2.05, 4.69) is 118 Å². The summed E-state index contributed by atoms with van der Waals surface area (Å²) in [6, 6.07) is 26.4. The van der Waals surface area contributed by atoms with Gasteiger partial charge in [-0.15, -0.1) is 4.33 Å². The molecule has 0 atom stereocenters. The Labute approximate surface area is 329 Å². The number of benzene rings is 4. The summed E-state index contributed by atoms with van der Waals surface area (Å²) in [7, 11) is -4.07. The van der Waals surface area contributed by atoms with Crippen molar-refractivity contribution in [3.63, 3.8) is 0 Å². The Morgan fingerprint density at radius 3 is 2.11 bits per heavy atom. The molecule has 55 heavy (non-hydrogen) atoms. The first-order valence-electron chi connectivity index (χ1n) is 19.9. The molecule has 0 bridgehead atoms. The van der Waals surface area contributed by atoms with E-state index in [9.17, 15) is 13.0 Å². The molecule has 0 saturated heterocycles. The number of fused-ring (bicyclic) bond motifs is 8.